The number of anilines is 2. The van der Waals surface area contributed by atoms with Crippen molar-refractivity contribution in [3.8, 4) is 0 Å². The van der Waals surface area contributed by atoms with Crippen LogP contribution in [0.25, 0.3) is 64.5 Å². The number of nitrogens with zero attached hydrogens (tertiary/aromatic N) is 1. The third kappa shape index (κ3) is 6.60. The van der Waals surface area contributed by atoms with Gasteiger partial charge < -0.3 is 9.32 Å². The van der Waals surface area contributed by atoms with Crippen molar-refractivity contribution in [2.45, 2.75) is 13.3 Å². The Kier molecular flexibility index (Phi) is 9.29. The van der Waals surface area contributed by atoms with Crippen molar-refractivity contribution < 1.29 is 4.42 Å². The molecule has 0 aliphatic heterocycles. The Morgan fingerprint density at radius 2 is 1.47 bits per heavy atom. The highest BCUT2D eigenvalue weighted by Gasteiger charge is 2.19. The maximum Gasteiger partial charge on any atom is 0.143 e. The molecule has 2 heterocycles. The van der Waals surface area contributed by atoms with E-state index in [1.807, 2.05) is 23.5 Å². The molecule has 2 aromatic heterocycles. The van der Waals surface area contributed by atoms with Gasteiger partial charge in [-0.05, 0) is 95.6 Å². The van der Waals surface area contributed by atoms with E-state index in [0.717, 1.165) is 56.4 Å². The first-order chi connectivity index (χ1) is 27.2. The van der Waals surface area contributed by atoms with Crippen LogP contribution in [0.3, 0.4) is 0 Å². The summed E-state index contributed by atoms with van der Waals surface area (Å²) in [6, 6.07) is 54.2. The average molecular weight is 726 g/mol. The summed E-state index contributed by atoms with van der Waals surface area (Å²) in [4.78, 5) is 2.38. The molecule has 2 nitrogen and oxygen atoms in total. The summed E-state index contributed by atoms with van der Waals surface area (Å²) >= 11 is 1.84. The molecule has 0 atom stereocenters. The van der Waals surface area contributed by atoms with Crippen molar-refractivity contribution >= 4 is 87.2 Å². The lowest BCUT2D eigenvalue weighted by Gasteiger charge is -2.27. The Morgan fingerprint density at radius 1 is 0.691 bits per heavy atom. The van der Waals surface area contributed by atoms with Crippen LogP contribution in [0.2, 0.25) is 0 Å². The monoisotopic (exact) mass is 725 g/mol. The Labute approximate surface area is 325 Å². The third-order valence-electron chi connectivity index (χ3n) is 10.2. The zero-order valence-electron chi connectivity index (χ0n) is 30.7. The van der Waals surface area contributed by atoms with Gasteiger partial charge in [-0.3, -0.25) is 0 Å². The molecule has 0 saturated heterocycles. The van der Waals surface area contributed by atoms with E-state index in [1.165, 1.54) is 42.3 Å². The number of thiophene rings is 1. The smallest absolute Gasteiger partial charge is 0.143 e. The lowest BCUT2D eigenvalue weighted by molar-refractivity contribution is 0.672. The number of benzene rings is 7. The Balaban J connectivity index is 1.21. The SMILES string of the molecule is C=C/C=C\C(=C\c1ccc2oc3c4ccccc4ccc3c2c1)N(c1ccc(C(/C=C\C)=C/Cc2ccccc2)cc1)c1cccc2c1sc1ccccc12. The maximum atomic E-state index is 6.48. The van der Waals surface area contributed by atoms with Crippen LogP contribution in [0.15, 0.2) is 205 Å². The fraction of sp³-hybridized carbons (Fsp3) is 0.0385. The molecule has 0 amide bonds. The normalized spacial score (nSPS) is 12.7. The van der Waals surface area contributed by atoms with Crippen molar-refractivity contribution in [3.05, 3.63) is 217 Å². The van der Waals surface area contributed by atoms with Crippen LogP contribution in [-0.2, 0) is 6.42 Å². The first-order valence-electron chi connectivity index (χ1n) is 18.7. The Bertz CT molecular complexity index is 2970. The number of fused-ring (bicyclic) bond motifs is 8. The van der Waals surface area contributed by atoms with Gasteiger partial charge in [0.15, 0.2) is 0 Å². The standard InChI is InChI=1S/C52H39NOS/c1-3-5-18-42(34-37-25-33-49-47(35-37)45-32-29-40-17-9-10-19-43(40)51(45)54-49)53(48-22-13-21-46-44-20-11-12-23-50(44)55-52(46)48)41-30-27-39(28-31-41)38(14-4-2)26-24-36-15-7-6-8-16-36/h3-23,25-35H,1,24H2,2H3/b14-4-,18-5-,38-26+,42-34-. The van der Waals surface area contributed by atoms with Crippen LogP contribution in [0, 0.1) is 0 Å². The van der Waals surface area contributed by atoms with Gasteiger partial charge in [-0.15, -0.1) is 11.3 Å². The number of rotatable bonds is 10. The van der Waals surface area contributed by atoms with E-state index in [0.29, 0.717) is 0 Å². The van der Waals surface area contributed by atoms with Crippen molar-refractivity contribution in [1.29, 1.82) is 0 Å². The van der Waals surface area contributed by atoms with E-state index in [2.05, 4.69) is 200 Å². The van der Waals surface area contributed by atoms with Crippen molar-refractivity contribution in [2.75, 3.05) is 4.90 Å². The molecule has 3 heteroatoms. The topological polar surface area (TPSA) is 16.4 Å². The molecule has 9 rings (SSSR count). The molecule has 0 radical (unpaired) electrons. The van der Waals surface area contributed by atoms with Gasteiger partial charge in [-0.25, -0.2) is 0 Å². The van der Waals surface area contributed by atoms with Gasteiger partial charge in [0.25, 0.3) is 0 Å². The molecule has 264 valence electrons. The van der Waals surface area contributed by atoms with E-state index in [4.69, 9.17) is 4.42 Å². The summed E-state index contributed by atoms with van der Waals surface area (Å²) in [5.41, 5.74) is 9.77. The van der Waals surface area contributed by atoms with Crippen molar-refractivity contribution in [1.82, 2.24) is 0 Å². The molecule has 7 aromatic carbocycles. The Morgan fingerprint density at radius 3 is 2.31 bits per heavy atom. The highest BCUT2D eigenvalue weighted by atomic mass is 32.1. The van der Waals surface area contributed by atoms with Gasteiger partial charge in [-0.2, -0.15) is 0 Å². The van der Waals surface area contributed by atoms with Crippen LogP contribution in [0.1, 0.15) is 23.6 Å². The second-order valence-corrected chi connectivity index (χ2v) is 14.7. The molecule has 0 saturated carbocycles. The Hall–Kier alpha value is -6.68. The van der Waals surface area contributed by atoms with Gasteiger partial charge in [0.1, 0.15) is 11.2 Å². The lowest BCUT2D eigenvalue weighted by atomic mass is 10.0. The van der Waals surface area contributed by atoms with Crippen LogP contribution >= 0.6 is 11.3 Å². The fourth-order valence-corrected chi connectivity index (χ4v) is 8.78. The second-order valence-electron chi connectivity index (χ2n) is 13.7. The van der Waals surface area contributed by atoms with Crippen LogP contribution in [0.5, 0.6) is 0 Å². The van der Waals surface area contributed by atoms with Crippen LogP contribution < -0.4 is 4.90 Å². The molecule has 0 fully saturated rings. The molecule has 0 aliphatic rings. The molecule has 0 aliphatic carbocycles. The van der Waals surface area contributed by atoms with Crippen molar-refractivity contribution in [3.63, 3.8) is 0 Å². The summed E-state index contributed by atoms with van der Waals surface area (Å²) in [6.07, 6.45) is 15.8. The first-order valence-corrected chi connectivity index (χ1v) is 19.5. The largest absolute Gasteiger partial charge is 0.455 e. The van der Waals surface area contributed by atoms with Crippen LogP contribution in [-0.4, -0.2) is 0 Å². The minimum absolute atomic E-state index is 0.869. The predicted octanol–water partition coefficient (Wildman–Crippen LogP) is 15.2. The highest BCUT2D eigenvalue weighted by molar-refractivity contribution is 7.26. The zero-order valence-corrected chi connectivity index (χ0v) is 31.5. The van der Waals surface area contributed by atoms with E-state index in [1.54, 1.807) is 0 Å². The molecule has 0 unspecified atom stereocenters. The van der Waals surface area contributed by atoms with E-state index >= 15 is 0 Å². The molecule has 0 bridgehead atoms. The quantitative estimate of drug-likeness (QED) is 0.131. The summed E-state index contributed by atoms with van der Waals surface area (Å²) in [7, 11) is 0. The van der Waals surface area contributed by atoms with Gasteiger partial charge in [0.05, 0.1) is 10.4 Å². The minimum Gasteiger partial charge on any atom is -0.455 e. The van der Waals surface area contributed by atoms with Gasteiger partial charge >= 0.3 is 0 Å². The summed E-state index contributed by atoms with van der Waals surface area (Å²) in [5, 5.41) is 7.05. The predicted molar refractivity (Wildman–Crippen MR) is 239 cm³/mol. The van der Waals surface area contributed by atoms with E-state index < -0.39 is 0 Å². The molecular weight excluding hydrogens is 687 g/mol. The van der Waals surface area contributed by atoms with Gasteiger partial charge in [-0.1, -0.05) is 146 Å². The molecular formula is C52H39NOS. The fourth-order valence-electron chi connectivity index (χ4n) is 7.58. The second kappa shape index (κ2) is 15.0. The van der Waals surface area contributed by atoms with Crippen molar-refractivity contribution in [2.24, 2.45) is 0 Å². The summed E-state index contributed by atoms with van der Waals surface area (Å²) < 4.78 is 8.99. The number of allylic oxidation sites excluding steroid dienone is 7. The van der Waals surface area contributed by atoms with E-state index in [-0.39, 0.29) is 0 Å². The van der Waals surface area contributed by atoms with Gasteiger partial charge in [0, 0.05) is 43.0 Å². The molecule has 55 heavy (non-hydrogen) atoms. The highest BCUT2D eigenvalue weighted by Crippen LogP contribution is 2.44. The first kappa shape index (κ1) is 34.1. The molecule has 9 aromatic rings. The maximum absolute atomic E-state index is 6.48. The summed E-state index contributed by atoms with van der Waals surface area (Å²) in [5.74, 6) is 0. The average Bonchev–Trinajstić information content (AvgIpc) is 3.81. The summed E-state index contributed by atoms with van der Waals surface area (Å²) in [6.45, 7) is 6.12. The number of furan rings is 1. The zero-order chi connectivity index (χ0) is 37.1. The lowest BCUT2D eigenvalue weighted by Crippen LogP contribution is -2.15. The number of hydrogen-bond donors (Lipinski definition) is 0. The number of hydrogen-bond acceptors (Lipinski definition) is 3. The molecule has 0 spiro atoms. The van der Waals surface area contributed by atoms with Crippen LogP contribution in [0.4, 0.5) is 11.4 Å². The van der Waals surface area contributed by atoms with E-state index in [9.17, 15) is 0 Å². The molecule has 0 N–H and O–H groups in total. The third-order valence-corrected chi connectivity index (χ3v) is 11.4. The minimum atomic E-state index is 0.869. The van der Waals surface area contributed by atoms with Gasteiger partial charge in [0.2, 0.25) is 0 Å².